The summed E-state index contributed by atoms with van der Waals surface area (Å²) in [5, 5.41) is 20.9. The molecule has 1 heterocycles. The van der Waals surface area contributed by atoms with E-state index in [0.717, 1.165) is 11.1 Å². The van der Waals surface area contributed by atoms with Gasteiger partial charge in [0.05, 0.1) is 6.42 Å². The van der Waals surface area contributed by atoms with Crippen molar-refractivity contribution in [3.8, 4) is 16.9 Å². The first-order chi connectivity index (χ1) is 11.0. The van der Waals surface area contributed by atoms with Crippen LogP contribution in [0.4, 0.5) is 0 Å². The number of nitrogens with two attached hydrogens (primary N) is 1. The van der Waals surface area contributed by atoms with Gasteiger partial charge in [0.2, 0.25) is 0 Å². The van der Waals surface area contributed by atoms with Crippen molar-refractivity contribution in [3.63, 3.8) is 0 Å². The maximum absolute atomic E-state index is 11.8. The van der Waals surface area contributed by atoms with Gasteiger partial charge in [0.25, 0.3) is 5.91 Å². The number of aliphatic carboxylic acids is 1. The van der Waals surface area contributed by atoms with Crippen LogP contribution in [0.15, 0.2) is 36.5 Å². The zero-order valence-electron chi connectivity index (χ0n) is 12.3. The Morgan fingerprint density at radius 2 is 1.87 bits per heavy atom. The predicted molar refractivity (Wildman–Crippen MR) is 83.8 cm³/mol. The zero-order chi connectivity index (χ0) is 16.8. The molecular weight excluding hydrogens is 298 g/mol. The minimum Gasteiger partial charge on any atom is -0.505 e. The van der Waals surface area contributed by atoms with Crippen molar-refractivity contribution in [2.24, 2.45) is 5.73 Å². The van der Waals surface area contributed by atoms with E-state index >= 15 is 0 Å². The molecule has 2 rings (SSSR count). The second-order valence-corrected chi connectivity index (χ2v) is 4.89. The van der Waals surface area contributed by atoms with E-state index in [2.05, 4.69) is 10.3 Å². The Kier molecular flexibility index (Phi) is 5.27. The number of aromatic nitrogens is 1. The van der Waals surface area contributed by atoms with Gasteiger partial charge in [0.1, 0.15) is 5.75 Å². The third-order valence-electron chi connectivity index (χ3n) is 3.23. The molecule has 2 aromatic rings. The fourth-order valence-electron chi connectivity index (χ4n) is 1.99. The summed E-state index contributed by atoms with van der Waals surface area (Å²) in [6, 6.07) is 8.89. The van der Waals surface area contributed by atoms with E-state index in [1.165, 1.54) is 12.3 Å². The minimum absolute atomic E-state index is 0.0302. The Morgan fingerprint density at radius 1 is 1.17 bits per heavy atom. The number of nitrogens with one attached hydrogen (secondary N) is 1. The molecule has 0 fully saturated rings. The first-order valence-corrected chi connectivity index (χ1v) is 6.99. The van der Waals surface area contributed by atoms with Gasteiger partial charge in [-0.1, -0.05) is 24.3 Å². The lowest BCUT2D eigenvalue weighted by Crippen LogP contribution is -2.26. The van der Waals surface area contributed by atoms with Crippen LogP contribution in [0.5, 0.6) is 5.75 Å². The van der Waals surface area contributed by atoms with Crippen molar-refractivity contribution in [3.05, 3.63) is 47.8 Å². The average Bonchev–Trinajstić information content (AvgIpc) is 2.54. The van der Waals surface area contributed by atoms with Crippen LogP contribution in [-0.4, -0.2) is 33.6 Å². The molecule has 7 heteroatoms. The van der Waals surface area contributed by atoms with Gasteiger partial charge in [-0.3, -0.25) is 9.59 Å². The van der Waals surface area contributed by atoms with Crippen LogP contribution in [0.1, 0.15) is 22.5 Å². The van der Waals surface area contributed by atoms with E-state index < -0.39 is 11.9 Å². The number of amides is 1. The van der Waals surface area contributed by atoms with Crippen LogP contribution in [-0.2, 0) is 11.3 Å². The van der Waals surface area contributed by atoms with Crippen LogP contribution in [0, 0.1) is 0 Å². The van der Waals surface area contributed by atoms with E-state index in [0.29, 0.717) is 12.1 Å². The van der Waals surface area contributed by atoms with Crippen molar-refractivity contribution in [2.45, 2.75) is 13.0 Å². The summed E-state index contributed by atoms with van der Waals surface area (Å²) in [6.07, 6.45) is 1.28. The van der Waals surface area contributed by atoms with Crippen LogP contribution in [0.2, 0.25) is 0 Å². The summed E-state index contributed by atoms with van der Waals surface area (Å²) < 4.78 is 0. The summed E-state index contributed by atoms with van der Waals surface area (Å²) in [7, 11) is 0. The van der Waals surface area contributed by atoms with Crippen LogP contribution >= 0.6 is 0 Å². The molecule has 0 aliphatic heterocycles. The third kappa shape index (κ3) is 4.27. The summed E-state index contributed by atoms with van der Waals surface area (Å²) in [5.41, 5.74) is 7.88. The van der Waals surface area contributed by atoms with Gasteiger partial charge >= 0.3 is 5.97 Å². The first-order valence-electron chi connectivity index (χ1n) is 6.99. The number of carbonyl (C=O) groups is 2. The SMILES string of the molecule is NCc1ccc(-c2cnc(C(=O)NCCC(=O)O)c(O)c2)cc1. The molecule has 0 bridgehead atoms. The van der Waals surface area contributed by atoms with Crippen molar-refractivity contribution in [2.75, 3.05) is 6.54 Å². The Morgan fingerprint density at radius 3 is 2.43 bits per heavy atom. The lowest BCUT2D eigenvalue weighted by Gasteiger charge is -2.08. The Bertz CT molecular complexity index is 714. The number of pyridine rings is 1. The maximum Gasteiger partial charge on any atom is 0.305 e. The quantitative estimate of drug-likeness (QED) is 0.633. The maximum atomic E-state index is 11.8. The molecule has 1 amide bonds. The van der Waals surface area contributed by atoms with E-state index in [4.69, 9.17) is 10.8 Å². The zero-order valence-corrected chi connectivity index (χ0v) is 12.3. The van der Waals surface area contributed by atoms with Gasteiger partial charge in [0.15, 0.2) is 5.69 Å². The first kappa shape index (κ1) is 16.4. The van der Waals surface area contributed by atoms with E-state index in [1.54, 1.807) is 0 Å². The monoisotopic (exact) mass is 315 g/mol. The standard InChI is InChI=1S/C16H17N3O4/c17-8-10-1-3-11(4-2-10)12-7-13(20)15(19-9-12)16(23)18-6-5-14(21)22/h1-4,7,9,20H,5-6,8,17H2,(H,18,23)(H,21,22). The molecule has 0 saturated carbocycles. The number of aromatic hydroxyl groups is 1. The highest BCUT2D eigenvalue weighted by molar-refractivity contribution is 5.95. The molecule has 0 aliphatic rings. The van der Waals surface area contributed by atoms with Gasteiger partial charge in [-0.05, 0) is 17.2 Å². The van der Waals surface area contributed by atoms with Gasteiger partial charge in [0, 0.05) is 24.8 Å². The molecule has 1 aromatic heterocycles. The van der Waals surface area contributed by atoms with Crippen molar-refractivity contribution < 1.29 is 19.8 Å². The number of carboxylic acid groups (broad SMARTS) is 1. The fourth-order valence-corrected chi connectivity index (χ4v) is 1.99. The third-order valence-corrected chi connectivity index (χ3v) is 3.23. The largest absolute Gasteiger partial charge is 0.505 e. The molecule has 0 atom stereocenters. The topological polar surface area (TPSA) is 126 Å². The van der Waals surface area contributed by atoms with E-state index in [1.807, 2.05) is 24.3 Å². The van der Waals surface area contributed by atoms with Gasteiger partial charge < -0.3 is 21.3 Å². The lowest BCUT2D eigenvalue weighted by atomic mass is 10.0. The lowest BCUT2D eigenvalue weighted by molar-refractivity contribution is -0.136. The predicted octanol–water partition coefficient (Wildman–Crippen LogP) is 1.12. The van der Waals surface area contributed by atoms with Gasteiger partial charge in [-0.25, -0.2) is 4.98 Å². The molecule has 0 unspecified atom stereocenters. The number of carbonyl (C=O) groups excluding carboxylic acids is 1. The van der Waals surface area contributed by atoms with Crippen molar-refractivity contribution in [1.82, 2.24) is 10.3 Å². The Hall–Kier alpha value is -2.93. The Balaban J connectivity index is 2.13. The molecule has 0 saturated heterocycles. The highest BCUT2D eigenvalue weighted by Crippen LogP contribution is 2.25. The molecule has 5 N–H and O–H groups in total. The molecule has 0 radical (unpaired) electrons. The number of benzene rings is 1. The number of nitrogens with zero attached hydrogens (tertiary/aromatic N) is 1. The number of hydrogen-bond acceptors (Lipinski definition) is 5. The molecule has 23 heavy (non-hydrogen) atoms. The number of hydrogen-bond donors (Lipinski definition) is 4. The minimum atomic E-state index is -1.02. The molecule has 1 aromatic carbocycles. The highest BCUT2D eigenvalue weighted by Gasteiger charge is 2.14. The Labute approximate surface area is 132 Å². The summed E-state index contributed by atoms with van der Waals surface area (Å²) in [6.45, 7) is 0.414. The second kappa shape index (κ2) is 7.37. The summed E-state index contributed by atoms with van der Waals surface area (Å²) in [5.74, 6) is -1.90. The average molecular weight is 315 g/mol. The molecule has 0 spiro atoms. The summed E-state index contributed by atoms with van der Waals surface area (Å²) in [4.78, 5) is 26.2. The highest BCUT2D eigenvalue weighted by atomic mass is 16.4. The number of rotatable bonds is 6. The van der Waals surface area contributed by atoms with Crippen LogP contribution in [0.3, 0.4) is 0 Å². The molecular formula is C16H17N3O4. The van der Waals surface area contributed by atoms with Gasteiger partial charge in [-0.15, -0.1) is 0 Å². The molecule has 7 nitrogen and oxygen atoms in total. The second-order valence-electron chi connectivity index (χ2n) is 4.89. The van der Waals surface area contributed by atoms with Crippen LogP contribution < -0.4 is 11.1 Å². The van der Waals surface area contributed by atoms with Crippen molar-refractivity contribution in [1.29, 1.82) is 0 Å². The van der Waals surface area contributed by atoms with E-state index in [-0.39, 0.29) is 24.4 Å². The smallest absolute Gasteiger partial charge is 0.305 e. The molecule has 120 valence electrons. The van der Waals surface area contributed by atoms with Crippen molar-refractivity contribution >= 4 is 11.9 Å². The van der Waals surface area contributed by atoms with Gasteiger partial charge in [-0.2, -0.15) is 0 Å². The van der Waals surface area contributed by atoms with Crippen LogP contribution in [0.25, 0.3) is 11.1 Å². The fraction of sp³-hybridized carbons (Fsp3) is 0.188. The van der Waals surface area contributed by atoms with E-state index in [9.17, 15) is 14.7 Å². The molecule has 0 aliphatic carbocycles. The summed E-state index contributed by atoms with van der Waals surface area (Å²) >= 11 is 0. The number of carboxylic acids is 1. The normalized spacial score (nSPS) is 10.3.